The van der Waals surface area contributed by atoms with E-state index in [1.165, 1.54) is 0 Å². The molecule has 28 heavy (non-hydrogen) atoms. The van der Waals surface area contributed by atoms with Gasteiger partial charge in [0, 0.05) is 12.2 Å². The highest BCUT2D eigenvalue weighted by atomic mass is 16.5. The van der Waals surface area contributed by atoms with Gasteiger partial charge in [0.15, 0.2) is 0 Å². The fourth-order valence-corrected chi connectivity index (χ4v) is 2.62. The molecule has 0 saturated carbocycles. The third kappa shape index (κ3) is 4.76. The summed E-state index contributed by atoms with van der Waals surface area (Å²) in [6.45, 7) is 2.35. The number of para-hydroxylation sites is 2. The molecule has 0 aliphatic carbocycles. The Labute approximate surface area is 163 Å². The molecule has 3 rings (SSSR count). The number of aromatic nitrogens is 2. The highest BCUT2D eigenvalue weighted by Gasteiger charge is 2.13. The highest BCUT2D eigenvalue weighted by molar-refractivity contribution is 6.03. The molecule has 0 saturated heterocycles. The molecular formula is C21H22N4O3. The van der Waals surface area contributed by atoms with Crippen LogP contribution >= 0.6 is 0 Å². The van der Waals surface area contributed by atoms with Crippen molar-refractivity contribution in [2.45, 2.75) is 13.5 Å². The summed E-state index contributed by atoms with van der Waals surface area (Å²) in [5.74, 6) is 1.44. The number of carbonyl (C=O) groups is 1. The zero-order valence-electron chi connectivity index (χ0n) is 16.0. The van der Waals surface area contributed by atoms with E-state index in [9.17, 15) is 4.79 Å². The fourth-order valence-electron chi connectivity index (χ4n) is 2.62. The lowest BCUT2D eigenvalue weighted by Crippen LogP contribution is -2.16. The number of ether oxygens (including phenoxy) is 2. The van der Waals surface area contributed by atoms with Gasteiger partial charge in [-0.05, 0) is 42.8 Å². The van der Waals surface area contributed by atoms with Gasteiger partial charge >= 0.3 is 0 Å². The summed E-state index contributed by atoms with van der Waals surface area (Å²) in [6, 6.07) is 16.5. The largest absolute Gasteiger partial charge is 0.497 e. The lowest BCUT2D eigenvalue weighted by atomic mass is 10.2. The van der Waals surface area contributed by atoms with Gasteiger partial charge in [0.1, 0.15) is 17.2 Å². The smallest absolute Gasteiger partial charge is 0.274 e. The number of hydrogen-bond acceptors (Lipinski definition) is 6. The molecule has 2 N–H and O–H groups in total. The maximum Gasteiger partial charge on any atom is 0.274 e. The molecule has 0 spiro atoms. The van der Waals surface area contributed by atoms with E-state index in [0.29, 0.717) is 29.6 Å². The molecule has 0 unspecified atom stereocenters. The number of benzene rings is 2. The predicted octanol–water partition coefficient (Wildman–Crippen LogP) is 3.67. The Morgan fingerprint density at radius 3 is 2.46 bits per heavy atom. The number of carbonyl (C=O) groups excluding carboxylic acids is 1. The molecule has 0 radical (unpaired) electrons. The fraction of sp³-hybridized carbons (Fsp3) is 0.190. The second-order valence-corrected chi connectivity index (χ2v) is 6.07. The van der Waals surface area contributed by atoms with E-state index in [0.717, 1.165) is 11.3 Å². The van der Waals surface area contributed by atoms with Crippen molar-refractivity contribution in [2.75, 3.05) is 24.9 Å². The van der Waals surface area contributed by atoms with Gasteiger partial charge in [-0.2, -0.15) is 0 Å². The first-order valence-corrected chi connectivity index (χ1v) is 8.76. The van der Waals surface area contributed by atoms with Gasteiger partial charge in [-0.15, -0.1) is 0 Å². The van der Waals surface area contributed by atoms with Crippen molar-refractivity contribution in [3.63, 3.8) is 0 Å². The number of methoxy groups -OCH3 is 2. The summed E-state index contributed by atoms with van der Waals surface area (Å²) >= 11 is 0. The Morgan fingerprint density at radius 2 is 1.75 bits per heavy atom. The first kappa shape index (κ1) is 19.2. The minimum atomic E-state index is -0.331. The van der Waals surface area contributed by atoms with Crippen molar-refractivity contribution >= 4 is 17.5 Å². The van der Waals surface area contributed by atoms with Crippen molar-refractivity contribution in [3.05, 3.63) is 71.5 Å². The van der Waals surface area contributed by atoms with Gasteiger partial charge < -0.3 is 20.1 Å². The van der Waals surface area contributed by atoms with Crippen LogP contribution in [0.15, 0.2) is 54.6 Å². The third-order valence-electron chi connectivity index (χ3n) is 4.05. The van der Waals surface area contributed by atoms with E-state index in [-0.39, 0.29) is 11.6 Å². The minimum Gasteiger partial charge on any atom is -0.497 e. The quantitative estimate of drug-likeness (QED) is 0.653. The van der Waals surface area contributed by atoms with Crippen LogP contribution in [-0.2, 0) is 6.54 Å². The standard InChI is InChI=1S/C21H22N4O3/c1-14-12-18(20(26)24-17-6-4-5-7-19(17)28-3)25-21(23-14)22-13-15-8-10-16(27-2)11-9-15/h4-12H,13H2,1-3H3,(H,24,26)(H,22,23,25). The lowest BCUT2D eigenvalue weighted by Gasteiger charge is -2.11. The highest BCUT2D eigenvalue weighted by Crippen LogP contribution is 2.23. The van der Waals surface area contributed by atoms with Crippen molar-refractivity contribution in [3.8, 4) is 11.5 Å². The Balaban J connectivity index is 1.72. The zero-order valence-corrected chi connectivity index (χ0v) is 16.0. The molecule has 1 heterocycles. The first-order valence-electron chi connectivity index (χ1n) is 8.76. The Bertz CT molecular complexity index is 958. The van der Waals surface area contributed by atoms with Crippen LogP contribution in [0.3, 0.4) is 0 Å². The number of rotatable bonds is 7. The zero-order chi connectivity index (χ0) is 19.9. The molecule has 3 aromatic rings. The summed E-state index contributed by atoms with van der Waals surface area (Å²) < 4.78 is 10.4. The summed E-state index contributed by atoms with van der Waals surface area (Å²) in [5, 5.41) is 5.98. The molecule has 0 aliphatic heterocycles. The van der Waals surface area contributed by atoms with Crippen molar-refractivity contribution in [1.82, 2.24) is 9.97 Å². The van der Waals surface area contributed by atoms with Crippen LogP contribution in [0.1, 0.15) is 21.7 Å². The minimum absolute atomic E-state index is 0.274. The Hall–Kier alpha value is -3.61. The molecule has 7 heteroatoms. The second-order valence-electron chi connectivity index (χ2n) is 6.07. The Kier molecular flexibility index (Phi) is 6.06. The maximum atomic E-state index is 12.6. The van der Waals surface area contributed by atoms with Gasteiger partial charge in [0.2, 0.25) is 5.95 Å². The topological polar surface area (TPSA) is 85.4 Å². The van der Waals surface area contributed by atoms with Gasteiger partial charge in [0.25, 0.3) is 5.91 Å². The summed E-state index contributed by atoms with van der Waals surface area (Å²) in [5.41, 5.74) is 2.60. The number of hydrogen-bond donors (Lipinski definition) is 2. The molecule has 1 amide bonds. The molecule has 0 aliphatic rings. The van der Waals surface area contributed by atoms with E-state index in [4.69, 9.17) is 9.47 Å². The van der Waals surface area contributed by atoms with Gasteiger partial charge in [0.05, 0.1) is 19.9 Å². The van der Waals surface area contributed by atoms with Crippen LogP contribution in [-0.4, -0.2) is 30.1 Å². The van der Waals surface area contributed by atoms with E-state index < -0.39 is 0 Å². The molecule has 0 fully saturated rings. The normalized spacial score (nSPS) is 10.2. The van der Waals surface area contributed by atoms with Crippen LogP contribution in [0.5, 0.6) is 11.5 Å². The van der Waals surface area contributed by atoms with Gasteiger partial charge in [-0.25, -0.2) is 9.97 Å². The molecule has 0 bridgehead atoms. The summed E-state index contributed by atoms with van der Waals surface area (Å²) in [4.78, 5) is 21.3. The van der Waals surface area contributed by atoms with E-state index in [2.05, 4.69) is 20.6 Å². The average Bonchev–Trinajstić information content (AvgIpc) is 2.72. The number of anilines is 2. The summed E-state index contributed by atoms with van der Waals surface area (Å²) in [7, 11) is 3.19. The van der Waals surface area contributed by atoms with Crippen molar-refractivity contribution < 1.29 is 14.3 Å². The van der Waals surface area contributed by atoms with Crippen LogP contribution in [0.25, 0.3) is 0 Å². The van der Waals surface area contributed by atoms with Crippen molar-refractivity contribution in [2.24, 2.45) is 0 Å². The SMILES string of the molecule is COc1ccc(CNc2nc(C)cc(C(=O)Nc3ccccc3OC)n2)cc1. The van der Waals surface area contributed by atoms with Gasteiger partial charge in [-0.3, -0.25) is 4.79 Å². The molecule has 144 valence electrons. The van der Waals surface area contributed by atoms with Crippen LogP contribution in [0.4, 0.5) is 11.6 Å². The van der Waals surface area contributed by atoms with E-state index in [1.54, 1.807) is 32.4 Å². The second kappa shape index (κ2) is 8.85. The number of amides is 1. The van der Waals surface area contributed by atoms with Crippen LogP contribution < -0.4 is 20.1 Å². The van der Waals surface area contributed by atoms with Crippen LogP contribution in [0.2, 0.25) is 0 Å². The number of nitrogens with zero attached hydrogens (tertiary/aromatic N) is 2. The van der Waals surface area contributed by atoms with Crippen LogP contribution in [0, 0.1) is 6.92 Å². The monoisotopic (exact) mass is 378 g/mol. The first-order chi connectivity index (χ1) is 13.6. The molecule has 0 atom stereocenters. The third-order valence-corrected chi connectivity index (χ3v) is 4.05. The van der Waals surface area contributed by atoms with E-state index >= 15 is 0 Å². The van der Waals surface area contributed by atoms with Crippen molar-refractivity contribution in [1.29, 1.82) is 0 Å². The van der Waals surface area contributed by atoms with Gasteiger partial charge in [-0.1, -0.05) is 24.3 Å². The average molecular weight is 378 g/mol. The molecule has 2 aromatic carbocycles. The molecule has 1 aromatic heterocycles. The maximum absolute atomic E-state index is 12.6. The summed E-state index contributed by atoms with van der Waals surface area (Å²) in [6.07, 6.45) is 0. The lowest BCUT2D eigenvalue weighted by molar-refractivity contribution is 0.102. The number of nitrogens with one attached hydrogen (secondary N) is 2. The molecule has 7 nitrogen and oxygen atoms in total. The number of aryl methyl sites for hydroxylation is 1. The van der Waals surface area contributed by atoms with E-state index in [1.807, 2.05) is 43.3 Å². The Morgan fingerprint density at radius 1 is 1.00 bits per heavy atom. The predicted molar refractivity (Wildman–Crippen MR) is 108 cm³/mol. The molecular weight excluding hydrogens is 356 g/mol.